The molecule has 29 heavy (non-hydrogen) atoms. The molecule has 1 heterocycles. The topological polar surface area (TPSA) is 64.6 Å². The van der Waals surface area contributed by atoms with E-state index < -0.39 is 29.8 Å². The van der Waals surface area contributed by atoms with Crippen LogP contribution in [0.4, 0.5) is 4.79 Å². The summed E-state index contributed by atoms with van der Waals surface area (Å²) >= 11 is 0. The molecule has 1 amide bonds. The van der Waals surface area contributed by atoms with Crippen molar-refractivity contribution in [1.82, 2.24) is 5.32 Å². The van der Waals surface area contributed by atoms with E-state index in [1.54, 1.807) is 0 Å². The summed E-state index contributed by atoms with van der Waals surface area (Å²) < 4.78 is 11.1. The molecule has 0 spiro atoms. The minimum Gasteiger partial charge on any atom is -0.455 e. The van der Waals surface area contributed by atoms with Crippen LogP contribution in [0.25, 0.3) is 0 Å². The minimum atomic E-state index is -0.612. The molecule has 3 rings (SSSR count). The third kappa shape index (κ3) is 5.83. The van der Waals surface area contributed by atoms with Gasteiger partial charge in [0.05, 0.1) is 12.0 Å². The van der Waals surface area contributed by atoms with E-state index in [-0.39, 0.29) is 5.97 Å². The van der Waals surface area contributed by atoms with Crippen molar-refractivity contribution in [2.24, 2.45) is 5.92 Å². The molecule has 2 aromatic rings. The molecular formula is C24H29NO4. The summed E-state index contributed by atoms with van der Waals surface area (Å²) in [6.45, 7) is 5.44. The Balaban J connectivity index is 1.73. The smallest absolute Gasteiger partial charge is 0.408 e. The van der Waals surface area contributed by atoms with Gasteiger partial charge >= 0.3 is 12.1 Å². The van der Waals surface area contributed by atoms with E-state index in [1.807, 2.05) is 69.3 Å². The summed E-state index contributed by atoms with van der Waals surface area (Å²) in [6, 6.07) is 19.2. The van der Waals surface area contributed by atoms with E-state index in [0.717, 1.165) is 18.4 Å². The number of esters is 1. The molecule has 154 valence electrons. The second kappa shape index (κ2) is 9.12. The lowest BCUT2D eigenvalue weighted by atomic mass is 9.89. The highest BCUT2D eigenvalue weighted by Gasteiger charge is 2.46. The highest BCUT2D eigenvalue weighted by atomic mass is 16.6. The van der Waals surface area contributed by atoms with Crippen LogP contribution in [0.2, 0.25) is 0 Å². The average Bonchev–Trinajstić information content (AvgIpc) is 2.97. The van der Waals surface area contributed by atoms with Gasteiger partial charge in [-0.2, -0.15) is 0 Å². The monoisotopic (exact) mass is 395 g/mol. The number of amides is 1. The molecule has 0 aromatic heterocycles. The van der Waals surface area contributed by atoms with Gasteiger partial charge in [-0.3, -0.25) is 4.79 Å². The van der Waals surface area contributed by atoms with Crippen LogP contribution in [-0.2, 0) is 20.7 Å². The number of aryl methyl sites for hydroxylation is 1. The summed E-state index contributed by atoms with van der Waals surface area (Å²) in [5, 5.41) is 2.91. The number of benzene rings is 2. The number of hydrogen-bond donors (Lipinski definition) is 1. The van der Waals surface area contributed by atoms with E-state index in [1.165, 1.54) is 5.56 Å². The Morgan fingerprint density at radius 2 is 1.66 bits per heavy atom. The number of cyclic esters (lactones) is 1. The maximum absolute atomic E-state index is 12.7. The van der Waals surface area contributed by atoms with Crippen molar-refractivity contribution in [1.29, 1.82) is 0 Å². The fourth-order valence-corrected chi connectivity index (χ4v) is 3.65. The van der Waals surface area contributed by atoms with Crippen LogP contribution in [0.5, 0.6) is 0 Å². The lowest BCUT2D eigenvalue weighted by molar-refractivity contribution is -0.144. The maximum Gasteiger partial charge on any atom is 0.408 e. The predicted octanol–water partition coefficient (Wildman–Crippen LogP) is 4.82. The Morgan fingerprint density at radius 1 is 1.03 bits per heavy atom. The summed E-state index contributed by atoms with van der Waals surface area (Å²) in [6.07, 6.45) is 1.29. The number of nitrogens with one attached hydrogen (secondary N) is 1. The Bertz CT molecular complexity index is 814. The van der Waals surface area contributed by atoms with Crippen molar-refractivity contribution in [3.05, 3.63) is 71.8 Å². The zero-order valence-electron chi connectivity index (χ0n) is 17.3. The number of alkyl carbamates (subject to hydrolysis) is 1. The predicted molar refractivity (Wildman–Crippen MR) is 111 cm³/mol. The van der Waals surface area contributed by atoms with Crippen molar-refractivity contribution in [3.8, 4) is 0 Å². The molecule has 0 saturated carbocycles. The SMILES string of the molecule is CC(C)(C)OC(=O)N[C@H]1[C@H](CCCc2ccccc2)C(=O)O[C@@H]1c1ccccc1. The van der Waals surface area contributed by atoms with E-state index >= 15 is 0 Å². The average molecular weight is 395 g/mol. The van der Waals surface area contributed by atoms with Gasteiger partial charge < -0.3 is 14.8 Å². The Labute approximate surface area is 172 Å². The van der Waals surface area contributed by atoms with Gasteiger partial charge in [0, 0.05) is 0 Å². The maximum atomic E-state index is 12.7. The molecule has 1 fully saturated rings. The first-order valence-corrected chi connectivity index (χ1v) is 10.1. The quantitative estimate of drug-likeness (QED) is 0.713. The van der Waals surface area contributed by atoms with Crippen LogP contribution in [-0.4, -0.2) is 23.7 Å². The number of hydrogen-bond acceptors (Lipinski definition) is 4. The fourth-order valence-electron chi connectivity index (χ4n) is 3.65. The first-order valence-electron chi connectivity index (χ1n) is 10.1. The van der Waals surface area contributed by atoms with Crippen LogP contribution in [0.1, 0.15) is 50.8 Å². The van der Waals surface area contributed by atoms with Crippen LogP contribution >= 0.6 is 0 Å². The lowest BCUT2D eigenvalue weighted by Crippen LogP contribution is -2.44. The number of rotatable bonds is 6. The molecule has 0 aliphatic carbocycles. The van der Waals surface area contributed by atoms with E-state index in [4.69, 9.17) is 9.47 Å². The van der Waals surface area contributed by atoms with Crippen molar-refractivity contribution in [3.63, 3.8) is 0 Å². The first kappa shape index (κ1) is 20.9. The summed E-state index contributed by atoms with van der Waals surface area (Å²) in [5.74, 6) is -0.676. The van der Waals surface area contributed by atoms with E-state index in [9.17, 15) is 9.59 Å². The second-order valence-corrected chi connectivity index (χ2v) is 8.42. The normalized spacial score (nSPS) is 21.5. The van der Waals surface area contributed by atoms with Gasteiger partial charge in [0.1, 0.15) is 11.7 Å². The third-order valence-corrected chi connectivity index (χ3v) is 4.94. The Morgan fingerprint density at radius 3 is 2.28 bits per heavy atom. The van der Waals surface area contributed by atoms with Crippen molar-refractivity contribution in [2.45, 2.75) is 57.8 Å². The molecular weight excluding hydrogens is 366 g/mol. The Hall–Kier alpha value is -2.82. The molecule has 1 aliphatic heterocycles. The number of carbonyl (C=O) groups is 2. The van der Waals surface area contributed by atoms with Crippen molar-refractivity contribution in [2.75, 3.05) is 0 Å². The van der Waals surface area contributed by atoms with Crippen molar-refractivity contribution >= 4 is 12.1 Å². The van der Waals surface area contributed by atoms with Gasteiger partial charge in [-0.25, -0.2) is 4.79 Å². The van der Waals surface area contributed by atoms with Gasteiger partial charge in [0.25, 0.3) is 0 Å². The van der Waals surface area contributed by atoms with Gasteiger partial charge in [-0.1, -0.05) is 60.7 Å². The third-order valence-electron chi connectivity index (χ3n) is 4.94. The molecule has 0 bridgehead atoms. The van der Waals surface area contributed by atoms with Crippen LogP contribution < -0.4 is 5.32 Å². The van der Waals surface area contributed by atoms with Crippen LogP contribution in [0, 0.1) is 5.92 Å². The zero-order chi connectivity index (χ0) is 20.9. The van der Waals surface area contributed by atoms with Crippen LogP contribution in [0.3, 0.4) is 0 Å². The molecule has 1 aliphatic rings. The van der Waals surface area contributed by atoms with Crippen LogP contribution in [0.15, 0.2) is 60.7 Å². The van der Waals surface area contributed by atoms with Crippen molar-refractivity contribution < 1.29 is 19.1 Å². The second-order valence-electron chi connectivity index (χ2n) is 8.42. The molecule has 3 atom stereocenters. The fraction of sp³-hybridized carbons (Fsp3) is 0.417. The summed E-state index contributed by atoms with van der Waals surface area (Å²) in [7, 11) is 0. The lowest BCUT2D eigenvalue weighted by Gasteiger charge is -2.25. The minimum absolute atomic E-state index is 0.270. The standard InChI is InChI=1S/C24H29NO4/c1-24(2,3)29-23(27)25-20-19(16-10-13-17-11-6-4-7-12-17)22(26)28-21(20)18-14-8-5-9-15-18/h4-9,11-12,14-15,19-21H,10,13,16H2,1-3H3,(H,25,27)/t19-,20-,21+/m0/s1. The van der Waals surface area contributed by atoms with Gasteiger partial charge in [-0.15, -0.1) is 0 Å². The van der Waals surface area contributed by atoms with Gasteiger partial charge in [-0.05, 0) is 51.2 Å². The highest BCUT2D eigenvalue weighted by Crippen LogP contribution is 2.36. The number of carbonyl (C=O) groups excluding carboxylic acids is 2. The zero-order valence-corrected chi connectivity index (χ0v) is 17.3. The largest absolute Gasteiger partial charge is 0.455 e. The van der Waals surface area contributed by atoms with E-state index in [2.05, 4.69) is 17.4 Å². The Kier molecular flexibility index (Phi) is 6.57. The first-order chi connectivity index (χ1) is 13.8. The molecule has 2 aromatic carbocycles. The molecule has 0 unspecified atom stereocenters. The van der Waals surface area contributed by atoms with E-state index in [0.29, 0.717) is 6.42 Å². The molecule has 0 radical (unpaired) electrons. The molecule has 1 saturated heterocycles. The van der Waals surface area contributed by atoms with Gasteiger partial charge in [0.15, 0.2) is 0 Å². The van der Waals surface area contributed by atoms with Gasteiger partial charge in [0.2, 0.25) is 0 Å². The number of ether oxygens (including phenoxy) is 2. The molecule has 1 N–H and O–H groups in total. The molecule has 5 nitrogen and oxygen atoms in total. The summed E-state index contributed by atoms with van der Waals surface area (Å²) in [5.41, 5.74) is 1.49. The summed E-state index contributed by atoms with van der Waals surface area (Å²) in [4.78, 5) is 25.1. The molecule has 5 heteroatoms. The highest BCUT2D eigenvalue weighted by molar-refractivity contribution is 5.78.